The van der Waals surface area contributed by atoms with Gasteiger partial charge in [-0.1, -0.05) is 56.7 Å². The van der Waals surface area contributed by atoms with E-state index in [1.807, 2.05) is 67.8 Å². The topological polar surface area (TPSA) is 92.7 Å². The fraction of sp³-hybridized carbons (Fsp3) is 0.250. The molecule has 0 saturated heterocycles. The van der Waals surface area contributed by atoms with Gasteiger partial charge in [-0.3, -0.25) is 14.6 Å². The number of rotatable bonds is 8. The third kappa shape index (κ3) is 4.70. The standard InChI is InChI=1S/C24H25N5O2S/c1-3-9-17-14-22(30)27-24(25-17)29-21(15-19(28-29)20-12-8-13-32-20)26-23(31)18(4-2)16-10-6-5-7-11-16/h5-8,10-15,18H,3-4,9H2,1-2H3,(H,26,31)(H,25,27,30). The van der Waals surface area contributed by atoms with Crippen molar-refractivity contribution in [1.29, 1.82) is 0 Å². The number of aromatic amines is 1. The third-order valence-corrected chi connectivity index (χ3v) is 6.04. The molecule has 0 aliphatic carbocycles. The largest absolute Gasteiger partial charge is 0.310 e. The summed E-state index contributed by atoms with van der Waals surface area (Å²) in [4.78, 5) is 33.8. The van der Waals surface area contributed by atoms with Gasteiger partial charge in [0.05, 0.1) is 10.8 Å². The van der Waals surface area contributed by atoms with E-state index in [-0.39, 0.29) is 23.3 Å². The van der Waals surface area contributed by atoms with Crippen LogP contribution in [0.5, 0.6) is 0 Å². The molecule has 1 atom stereocenters. The number of nitrogens with one attached hydrogen (secondary N) is 2. The van der Waals surface area contributed by atoms with Crippen molar-refractivity contribution in [3.63, 3.8) is 0 Å². The van der Waals surface area contributed by atoms with Gasteiger partial charge < -0.3 is 5.32 Å². The number of aryl methyl sites for hydroxylation is 1. The first kappa shape index (κ1) is 21.7. The van der Waals surface area contributed by atoms with E-state index < -0.39 is 0 Å². The third-order valence-electron chi connectivity index (χ3n) is 5.15. The normalized spacial score (nSPS) is 11.9. The van der Waals surface area contributed by atoms with E-state index in [9.17, 15) is 9.59 Å². The molecule has 0 bridgehead atoms. The maximum atomic E-state index is 13.2. The quantitative estimate of drug-likeness (QED) is 0.407. The van der Waals surface area contributed by atoms with Gasteiger partial charge in [0.2, 0.25) is 11.9 Å². The minimum absolute atomic E-state index is 0.135. The van der Waals surface area contributed by atoms with Gasteiger partial charge in [-0.2, -0.15) is 9.78 Å². The minimum atomic E-state index is -0.303. The van der Waals surface area contributed by atoms with Gasteiger partial charge >= 0.3 is 0 Å². The molecule has 7 nitrogen and oxygen atoms in total. The van der Waals surface area contributed by atoms with Crippen LogP contribution in [0, 0.1) is 0 Å². The second-order valence-electron chi connectivity index (χ2n) is 7.48. The van der Waals surface area contributed by atoms with E-state index in [0.717, 1.165) is 16.9 Å². The fourth-order valence-corrected chi connectivity index (χ4v) is 4.31. The van der Waals surface area contributed by atoms with E-state index in [0.29, 0.717) is 30.0 Å². The van der Waals surface area contributed by atoms with Crippen molar-refractivity contribution in [3.8, 4) is 16.5 Å². The number of nitrogens with zero attached hydrogens (tertiary/aromatic N) is 3. The average Bonchev–Trinajstić information content (AvgIpc) is 3.45. The first-order valence-corrected chi connectivity index (χ1v) is 11.6. The molecular weight excluding hydrogens is 422 g/mol. The molecule has 0 aliphatic heterocycles. The van der Waals surface area contributed by atoms with Crippen molar-refractivity contribution >= 4 is 23.1 Å². The summed E-state index contributed by atoms with van der Waals surface area (Å²) in [6, 6.07) is 16.9. The molecule has 8 heteroatoms. The summed E-state index contributed by atoms with van der Waals surface area (Å²) >= 11 is 1.55. The Morgan fingerprint density at radius 1 is 1.16 bits per heavy atom. The van der Waals surface area contributed by atoms with Crippen LogP contribution in [-0.2, 0) is 11.2 Å². The number of hydrogen-bond acceptors (Lipinski definition) is 5. The Bertz CT molecular complexity index is 1250. The van der Waals surface area contributed by atoms with Crippen LogP contribution in [0.3, 0.4) is 0 Å². The van der Waals surface area contributed by atoms with E-state index in [1.165, 1.54) is 10.7 Å². The molecule has 3 heterocycles. The van der Waals surface area contributed by atoms with Crippen molar-refractivity contribution in [2.24, 2.45) is 0 Å². The summed E-state index contributed by atoms with van der Waals surface area (Å²) in [5.41, 5.74) is 2.09. The highest BCUT2D eigenvalue weighted by atomic mass is 32.1. The number of benzene rings is 1. The maximum absolute atomic E-state index is 13.2. The van der Waals surface area contributed by atoms with Crippen LogP contribution >= 0.6 is 11.3 Å². The molecule has 0 saturated carbocycles. The Kier molecular flexibility index (Phi) is 6.61. The monoisotopic (exact) mass is 447 g/mol. The van der Waals surface area contributed by atoms with Gasteiger partial charge in [0.1, 0.15) is 11.5 Å². The predicted octanol–water partition coefficient (Wildman–Crippen LogP) is 4.77. The minimum Gasteiger partial charge on any atom is -0.310 e. The van der Waals surface area contributed by atoms with Crippen molar-refractivity contribution in [2.75, 3.05) is 5.32 Å². The SMILES string of the molecule is CCCc1cc(=O)[nH]c(-n2nc(-c3cccs3)cc2NC(=O)C(CC)c2ccccc2)n1. The molecule has 1 aromatic carbocycles. The molecule has 4 rings (SSSR count). The van der Waals surface area contributed by atoms with Crippen LogP contribution in [0.25, 0.3) is 16.5 Å². The first-order valence-electron chi connectivity index (χ1n) is 10.7. The van der Waals surface area contributed by atoms with Crippen LogP contribution in [0.15, 0.2) is 64.8 Å². The maximum Gasteiger partial charge on any atom is 0.252 e. The molecule has 0 fully saturated rings. The Balaban J connectivity index is 1.74. The number of H-pyrrole nitrogens is 1. The van der Waals surface area contributed by atoms with Crippen LogP contribution in [0.1, 0.15) is 43.9 Å². The summed E-state index contributed by atoms with van der Waals surface area (Å²) in [5, 5.41) is 9.64. The van der Waals surface area contributed by atoms with Crippen LogP contribution in [0.4, 0.5) is 5.82 Å². The molecular formula is C24H25N5O2S. The zero-order chi connectivity index (χ0) is 22.5. The Hall–Kier alpha value is -3.52. The second kappa shape index (κ2) is 9.74. The summed E-state index contributed by atoms with van der Waals surface area (Å²) in [5.74, 6) is 0.309. The van der Waals surface area contributed by atoms with Crippen LogP contribution in [-0.4, -0.2) is 25.7 Å². The molecule has 4 aromatic rings. The fourth-order valence-electron chi connectivity index (χ4n) is 3.63. The first-order chi connectivity index (χ1) is 15.6. The van der Waals surface area contributed by atoms with Gasteiger partial charge in [0, 0.05) is 17.8 Å². The summed E-state index contributed by atoms with van der Waals surface area (Å²) in [6.07, 6.45) is 2.21. The number of carbonyl (C=O) groups excluding carboxylic acids is 1. The van der Waals surface area contributed by atoms with Crippen LogP contribution < -0.4 is 10.9 Å². The lowest BCUT2D eigenvalue weighted by molar-refractivity contribution is -0.117. The number of hydrogen-bond donors (Lipinski definition) is 2. The number of anilines is 1. The zero-order valence-electron chi connectivity index (χ0n) is 18.0. The zero-order valence-corrected chi connectivity index (χ0v) is 18.9. The number of amides is 1. The lowest BCUT2D eigenvalue weighted by Gasteiger charge is -2.16. The molecule has 164 valence electrons. The van der Waals surface area contributed by atoms with Crippen LogP contribution in [0.2, 0.25) is 0 Å². The van der Waals surface area contributed by atoms with Gasteiger partial charge in [-0.05, 0) is 29.9 Å². The number of aromatic nitrogens is 4. The van der Waals surface area contributed by atoms with Crippen molar-refractivity contribution in [1.82, 2.24) is 19.7 Å². The number of carbonyl (C=O) groups is 1. The summed E-state index contributed by atoms with van der Waals surface area (Å²) in [7, 11) is 0. The molecule has 0 aliphatic rings. The van der Waals surface area contributed by atoms with E-state index >= 15 is 0 Å². The lowest BCUT2D eigenvalue weighted by atomic mass is 9.96. The van der Waals surface area contributed by atoms with Crippen molar-refractivity contribution < 1.29 is 4.79 Å². The smallest absolute Gasteiger partial charge is 0.252 e. The molecule has 1 unspecified atom stereocenters. The number of thiophene rings is 1. The van der Waals surface area contributed by atoms with Gasteiger partial charge in [0.15, 0.2) is 0 Å². The highest BCUT2D eigenvalue weighted by molar-refractivity contribution is 7.13. The second-order valence-corrected chi connectivity index (χ2v) is 8.42. The Morgan fingerprint density at radius 2 is 1.97 bits per heavy atom. The molecule has 1 amide bonds. The molecule has 32 heavy (non-hydrogen) atoms. The molecule has 3 aromatic heterocycles. The van der Waals surface area contributed by atoms with Crippen molar-refractivity contribution in [2.45, 2.75) is 39.0 Å². The highest BCUT2D eigenvalue weighted by Gasteiger charge is 2.22. The summed E-state index contributed by atoms with van der Waals surface area (Å²) < 4.78 is 1.51. The molecule has 0 radical (unpaired) electrons. The molecule has 2 N–H and O–H groups in total. The highest BCUT2D eigenvalue weighted by Crippen LogP contribution is 2.28. The van der Waals surface area contributed by atoms with E-state index in [2.05, 4.69) is 20.4 Å². The Labute approximate surface area is 190 Å². The predicted molar refractivity (Wildman–Crippen MR) is 127 cm³/mol. The molecule has 0 spiro atoms. The van der Waals surface area contributed by atoms with E-state index in [1.54, 1.807) is 11.3 Å². The van der Waals surface area contributed by atoms with Crippen molar-refractivity contribution in [3.05, 3.63) is 81.6 Å². The lowest BCUT2D eigenvalue weighted by Crippen LogP contribution is -2.23. The van der Waals surface area contributed by atoms with Gasteiger partial charge in [-0.15, -0.1) is 11.3 Å². The average molecular weight is 448 g/mol. The van der Waals surface area contributed by atoms with E-state index in [4.69, 9.17) is 0 Å². The van der Waals surface area contributed by atoms with Gasteiger partial charge in [-0.25, -0.2) is 4.98 Å². The Morgan fingerprint density at radius 3 is 2.66 bits per heavy atom. The summed E-state index contributed by atoms with van der Waals surface area (Å²) in [6.45, 7) is 4.02. The van der Waals surface area contributed by atoms with Gasteiger partial charge in [0.25, 0.3) is 5.56 Å².